The number of nitrogens with zero attached hydrogens (tertiary/aromatic N) is 3. The van der Waals surface area contributed by atoms with E-state index in [0.717, 1.165) is 5.56 Å². The first kappa shape index (κ1) is 19.8. The number of aromatic nitrogens is 3. The highest BCUT2D eigenvalue weighted by Crippen LogP contribution is 2.26. The van der Waals surface area contributed by atoms with Gasteiger partial charge < -0.3 is 10.5 Å². The first-order chi connectivity index (χ1) is 13.4. The van der Waals surface area contributed by atoms with Crippen LogP contribution in [0.15, 0.2) is 53.8 Å². The number of sulfonamides is 1. The van der Waals surface area contributed by atoms with Crippen LogP contribution in [0.3, 0.4) is 0 Å². The third-order valence-electron chi connectivity index (χ3n) is 3.90. The fourth-order valence-electron chi connectivity index (χ4n) is 2.52. The Hall–Kier alpha value is -2.91. The van der Waals surface area contributed by atoms with Crippen molar-refractivity contribution in [2.75, 3.05) is 17.6 Å². The fraction of sp³-hybridized carbons (Fsp3) is 0.167. The minimum absolute atomic E-state index is 0.0111. The molecule has 10 heteroatoms. The first-order valence-corrected chi connectivity index (χ1v) is 10.1. The summed E-state index contributed by atoms with van der Waals surface area (Å²) in [6.45, 7) is 0. The Balaban J connectivity index is 1.77. The second-order valence-corrected chi connectivity index (χ2v) is 7.92. The largest absolute Gasteiger partial charge is 0.495 e. The maximum Gasteiger partial charge on any atom is 0.263 e. The Labute approximate surface area is 167 Å². The molecular formula is C18H18ClN5O3S. The summed E-state index contributed by atoms with van der Waals surface area (Å²) in [7, 11) is -2.35. The molecule has 0 atom stereocenters. The summed E-state index contributed by atoms with van der Waals surface area (Å²) < 4.78 is 32.9. The van der Waals surface area contributed by atoms with Crippen LogP contribution in [0.25, 0.3) is 0 Å². The Morgan fingerprint density at radius 2 is 1.82 bits per heavy atom. The van der Waals surface area contributed by atoms with E-state index in [4.69, 9.17) is 22.1 Å². The van der Waals surface area contributed by atoms with Crippen LogP contribution in [-0.2, 0) is 22.9 Å². The minimum atomic E-state index is -3.85. The molecule has 0 fully saturated rings. The number of methoxy groups -OCH3 is 1. The summed E-state index contributed by atoms with van der Waals surface area (Å²) in [6.07, 6.45) is 5.94. The van der Waals surface area contributed by atoms with Crippen molar-refractivity contribution in [1.82, 2.24) is 15.0 Å². The lowest BCUT2D eigenvalue weighted by atomic mass is 10.1. The fourth-order valence-corrected chi connectivity index (χ4v) is 4.08. The topological polar surface area (TPSA) is 120 Å². The van der Waals surface area contributed by atoms with Gasteiger partial charge in [-0.05, 0) is 30.5 Å². The molecule has 1 aromatic carbocycles. The molecule has 0 radical (unpaired) electrons. The van der Waals surface area contributed by atoms with Gasteiger partial charge in [0.1, 0.15) is 10.6 Å². The van der Waals surface area contributed by atoms with Crippen LogP contribution in [0.4, 0.5) is 11.6 Å². The van der Waals surface area contributed by atoms with E-state index < -0.39 is 10.0 Å². The zero-order chi connectivity index (χ0) is 20.1. The van der Waals surface area contributed by atoms with Crippen LogP contribution in [0.5, 0.6) is 5.75 Å². The maximum atomic E-state index is 12.6. The molecule has 146 valence electrons. The average molecular weight is 420 g/mol. The van der Waals surface area contributed by atoms with Gasteiger partial charge in [0.25, 0.3) is 10.0 Å². The number of aryl methyl sites for hydroxylation is 2. The molecule has 2 aromatic heterocycles. The molecule has 3 N–H and O–H groups in total. The number of pyridine rings is 1. The third kappa shape index (κ3) is 4.68. The number of hydrogen-bond acceptors (Lipinski definition) is 7. The van der Waals surface area contributed by atoms with Crippen LogP contribution in [0.2, 0.25) is 5.02 Å². The molecular weight excluding hydrogens is 402 g/mol. The molecule has 0 amide bonds. The summed E-state index contributed by atoms with van der Waals surface area (Å²) in [6, 6.07) is 7.78. The molecule has 0 aliphatic heterocycles. The number of ether oxygens (including phenoxy) is 1. The quantitative estimate of drug-likeness (QED) is 0.603. The van der Waals surface area contributed by atoms with Gasteiger partial charge >= 0.3 is 0 Å². The number of nitrogens with two attached hydrogens (primary N) is 1. The van der Waals surface area contributed by atoms with Crippen molar-refractivity contribution in [1.29, 1.82) is 0 Å². The van der Waals surface area contributed by atoms with Crippen LogP contribution >= 0.6 is 11.6 Å². The van der Waals surface area contributed by atoms with E-state index in [0.29, 0.717) is 24.3 Å². The van der Waals surface area contributed by atoms with E-state index in [2.05, 4.69) is 19.7 Å². The van der Waals surface area contributed by atoms with E-state index >= 15 is 0 Å². The van der Waals surface area contributed by atoms with Gasteiger partial charge in [-0.15, -0.1) is 0 Å². The number of nitrogens with one attached hydrogen (secondary N) is 1. The Morgan fingerprint density at radius 3 is 2.50 bits per heavy atom. The molecule has 0 saturated carbocycles. The maximum absolute atomic E-state index is 12.6. The summed E-state index contributed by atoms with van der Waals surface area (Å²) in [5.41, 5.74) is 7.34. The highest BCUT2D eigenvalue weighted by atomic mass is 35.5. The number of halogens is 1. The van der Waals surface area contributed by atoms with Gasteiger partial charge in [-0.2, -0.15) is 0 Å². The van der Waals surface area contributed by atoms with Crippen molar-refractivity contribution < 1.29 is 13.2 Å². The molecule has 0 unspecified atom stereocenters. The molecule has 0 aliphatic carbocycles. The Morgan fingerprint density at radius 1 is 1.11 bits per heavy atom. The molecule has 0 saturated heterocycles. The number of nitrogen functional groups attached to an aromatic ring is 1. The van der Waals surface area contributed by atoms with Gasteiger partial charge in [-0.3, -0.25) is 9.71 Å². The van der Waals surface area contributed by atoms with Gasteiger partial charge in [0.05, 0.1) is 29.7 Å². The SMILES string of the molecule is COc1cc(NS(=O)(=O)c2ccccc2Cl)cnc1CCc1cnc(N)nc1. The molecule has 3 rings (SSSR count). The minimum Gasteiger partial charge on any atom is -0.495 e. The van der Waals surface area contributed by atoms with Crippen LogP contribution < -0.4 is 15.2 Å². The van der Waals surface area contributed by atoms with Gasteiger partial charge in [0.15, 0.2) is 0 Å². The van der Waals surface area contributed by atoms with Crippen LogP contribution in [0, 0.1) is 0 Å². The van der Waals surface area contributed by atoms with Crippen molar-refractivity contribution in [2.45, 2.75) is 17.7 Å². The highest BCUT2D eigenvalue weighted by Gasteiger charge is 2.18. The van der Waals surface area contributed by atoms with Crippen molar-refractivity contribution in [3.05, 3.63) is 65.2 Å². The smallest absolute Gasteiger partial charge is 0.263 e. The first-order valence-electron chi connectivity index (χ1n) is 8.25. The van der Waals surface area contributed by atoms with E-state index in [1.807, 2.05) is 0 Å². The number of hydrogen-bond donors (Lipinski definition) is 2. The molecule has 3 aromatic rings. The second kappa shape index (κ2) is 8.41. The van der Waals surface area contributed by atoms with Crippen molar-refractivity contribution in [3.63, 3.8) is 0 Å². The number of anilines is 2. The summed E-state index contributed by atoms with van der Waals surface area (Å²) >= 11 is 5.99. The number of benzene rings is 1. The Kier molecular flexibility index (Phi) is 5.96. The average Bonchev–Trinajstić information content (AvgIpc) is 2.68. The molecule has 8 nitrogen and oxygen atoms in total. The van der Waals surface area contributed by atoms with Gasteiger partial charge in [0, 0.05) is 18.5 Å². The van der Waals surface area contributed by atoms with E-state index in [1.54, 1.807) is 30.6 Å². The predicted molar refractivity (Wildman–Crippen MR) is 107 cm³/mol. The lowest BCUT2D eigenvalue weighted by molar-refractivity contribution is 0.407. The van der Waals surface area contributed by atoms with Crippen molar-refractivity contribution >= 4 is 33.3 Å². The molecule has 0 aliphatic rings. The monoisotopic (exact) mass is 419 g/mol. The summed E-state index contributed by atoms with van der Waals surface area (Å²) in [5, 5.41) is 0.136. The van der Waals surface area contributed by atoms with Crippen molar-refractivity contribution in [2.24, 2.45) is 0 Å². The lowest BCUT2D eigenvalue weighted by Gasteiger charge is -2.12. The van der Waals surface area contributed by atoms with Crippen LogP contribution in [0.1, 0.15) is 11.3 Å². The molecule has 0 spiro atoms. The van der Waals surface area contributed by atoms with Crippen LogP contribution in [-0.4, -0.2) is 30.5 Å². The van der Waals surface area contributed by atoms with Crippen molar-refractivity contribution in [3.8, 4) is 5.75 Å². The van der Waals surface area contributed by atoms with Gasteiger partial charge in [0.2, 0.25) is 5.95 Å². The predicted octanol–water partition coefficient (Wildman–Crippen LogP) is 2.70. The standard InChI is InChI=1S/C18H18ClN5O3S/c1-27-16-8-13(24-28(25,26)17-5-3-2-4-14(17)19)11-21-15(16)7-6-12-9-22-18(20)23-10-12/h2-5,8-11,24H,6-7H2,1H3,(H2,20,22,23). The zero-order valence-corrected chi connectivity index (χ0v) is 16.5. The molecule has 28 heavy (non-hydrogen) atoms. The summed E-state index contributed by atoms with van der Waals surface area (Å²) in [4.78, 5) is 12.2. The lowest BCUT2D eigenvalue weighted by Crippen LogP contribution is -2.14. The normalized spacial score (nSPS) is 11.2. The third-order valence-corrected chi connectivity index (χ3v) is 5.79. The van der Waals surface area contributed by atoms with E-state index in [-0.39, 0.29) is 21.6 Å². The zero-order valence-electron chi connectivity index (χ0n) is 15.0. The Bertz CT molecular complexity index is 1070. The number of rotatable bonds is 7. The van der Waals surface area contributed by atoms with Gasteiger partial charge in [-0.1, -0.05) is 23.7 Å². The van der Waals surface area contributed by atoms with E-state index in [9.17, 15) is 8.42 Å². The molecule has 2 heterocycles. The van der Waals surface area contributed by atoms with E-state index in [1.165, 1.54) is 25.4 Å². The van der Waals surface area contributed by atoms with Gasteiger partial charge in [-0.25, -0.2) is 18.4 Å². The molecule has 0 bridgehead atoms. The summed E-state index contributed by atoms with van der Waals surface area (Å²) in [5.74, 6) is 0.685. The highest BCUT2D eigenvalue weighted by molar-refractivity contribution is 7.92. The second-order valence-electron chi connectivity index (χ2n) is 5.86.